The van der Waals surface area contributed by atoms with E-state index in [9.17, 15) is 13.9 Å². The van der Waals surface area contributed by atoms with E-state index in [1.54, 1.807) is 6.26 Å². The van der Waals surface area contributed by atoms with Gasteiger partial charge in [0.1, 0.15) is 11.6 Å². The number of halogens is 3. The van der Waals surface area contributed by atoms with Crippen molar-refractivity contribution in [2.45, 2.75) is 6.10 Å². The van der Waals surface area contributed by atoms with Crippen LogP contribution < -0.4 is 0 Å². The third-order valence-electron chi connectivity index (χ3n) is 1.74. The fourth-order valence-corrected chi connectivity index (χ4v) is 1.92. The van der Waals surface area contributed by atoms with Crippen molar-refractivity contribution < 1.29 is 13.9 Å². The Morgan fingerprint density at radius 1 is 1.50 bits per heavy atom. The Balaban J connectivity index is 3.11. The molecule has 0 saturated carbocycles. The average molecular weight is 283 g/mol. The van der Waals surface area contributed by atoms with Crippen LogP contribution in [0.15, 0.2) is 16.6 Å². The van der Waals surface area contributed by atoms with E-state index in [1.807, 2.05) is 0 Å². The molecular formula is C9H9BrF2OS. The first-order valence-corrected chi connectivity index (χ1v) is 6.07. The molecule has 5 heteroatoms. The molecule has 0 aliphatic rings. The fourth-order valence-electron chi connectivity index (χ4n) is 1.09. The van der Waals surface area contributed by atoms with Gasteiger partial charge in [0.2, 0.25) is 0 Å². The van der Waals surface area contributed by atoms with E-state index in [4.69, 9.17) is 0 Å². The predicted octanol–water partition coefficient (Wildman–Crippen LogP) is 3.12. The van der Waals surface area contributed by atoms with Crippen LogP contribution >= 0.6 is 27.7 Å². The van der Waals surface area contributed by atoms with Gasteiger partial charge in [0.25, 0.3) is 0 Å². The minimum atomic E-state index is -1.11. The van der Waals surface area contributed by atoms with Crippen LogP contribution in [0.1, 0.15) is 11.7 Å². The maximum Gasteiger partial charge on any atom is 0.146 e. The molecule has 1 aromatic carbocycles. The van der Waals surface area contributed by atoms with Crippen molar-refractivity contribution in [2.24, 2.45) is 0 Å². The number of aliphatic hydroxyl groups excluding tert-OH is 1. The molecule has 0 aromatic heterocycles. The van der Waals surface area contributed by atoms with Gasteiger partial charge in [-0.3, -0.25) is 0 Å². The first-order valence-electron chi connectivity index (χ1n) is 3.88. The van der Waals surface area contributed by atoms with Crippen LogP contribution in [0, 0.1) is 11.6 Å². The van der Waals surface area contributed by atoms with Gasteiger partial charge >= 0.3 is 0 Å². The zero-order valence-corrected chi connectivity index (χ0v) is 9.83. The summed E-state index contributed by atoms with van der Waals surface area (Å²) >= 11 is 4.27. The number of hydrogen-bond donors (Lipinski definition) is 1. The standard InChI is InChI=1S/C9H9BrF2OS/c1-14-4-7(13)8-6(11)3-2-5(10)9(8)12/h2-3,7,13H,4H2,1H3. The van der Waals surface area contributed by atoms with Crippen molar-refractivity contribution in [1.82, 2.24) is 0 Å². The number of hydrogen-bond acceptors (Lipinski definition) is 2. The predicted molar refractivity (Wildman–Crippen MR) is 57.4 cm³/mol. The Morgan fingerprint density at radius 3 is 2.71 bits per heavy atom. The zero-order chi connectivity index (χ0) is 10.7. The Hall–Kier alpha value is -0.130. The maximum absolute atomic E-state index is 13.4. The second-order valence-corrected chi connectivity index (χ2v) is 4.49. The third kappa shape index (κ3) is 2.46. The summed E-state index contributed by atoms with van der Waals surface area (Å²) < 4.78 is 26.7. The summed E-state index contributed by atoms with van der Waals surface area (Å²) in [6, 6.07) is 2.41. The molecule has 1 nitrogen and oxygen atoms in total. The second-order valence-electron chi connectivity index (χ2n) is 2.73. The van der Waals surface area contributed by atoms with Gasteiger partial charge in [0.05, 0.1) is 16.1 Å². The molecule has 0 heterocycles. The van der Waals surface area contributed by atoms with Gasteiger partial charge in [0.15, 0.2) is 0 Å². The molecule has 0 bridgehead atoms. The molecule has 14 heavy (non-hydrogen) atoms. The van der Waals surface area contributed by atoms with Gasteiger partial charge in [-0.25, -0.2) is 8.78 Å². The Labute approximate surface area is 93.6 Å². The SMILES string of the molecule is CSCC(O)c1c(F)ccc(Br)c1F. The monoisotopic (exact) mass is 282 g/mol. The van der Waals surface area contributed by atoms with Crippen molar-refractivity contribution in [2.75, 3.05) is 12.0 Å². The molecule has 0 spiro atoms. The van der Waals surface area contributed by atoms with Gasteiger partial charge in [-0.05, 0) is 34.3 Å². The number of aliphatic hydroxyl groups is 1. The van der Waals surface area contributed by atoms with E-state index in [0.29, 0.717) is 0 Å². The van der Waals surface area contributed by atoms with E-state index >= 15 is 0 Å². The lowest BCUT2D eigenvalue weighted by Crippen LogP contribution is -2.07. The summed E-state index contributed by atoms with van der Waals surface area (Å²) in [5.41, 5.74) is -0.270. The van der Waals surface area contributed by atoms with E-state index in [-0.39, 0.29) is 15.8 Å². The zero-order valence-electron chi connectivity index (χ0n) is 7.43. The van der Waals surface area contributed by atoms with Crippen LogP contribution in [0.5, 0.6) is 0 Å². The van der Waals surface area contributed by atoms with Crippen LogP contribution in [0.2, 0.25) is 0 Å². The topological polar surface area (TPSA) is 20.2 Å². The molecule has 1 unspecified atom stereocenters. The van der Waals surface area contributed by atoms with Crippen molar-refractivity contribution >= 4 is 27.7 Å². The molecule has 0 aliphatic heterocycles. The minimum Gasteiger partial charge on any atom is -0.387 e. The summed E-state index contributed by atoms with van der Waals surface area (Å²) in [5, 5.41) is 9.48. The second kappa shape index (κ2) is 5.09. The largest absolute Gasteiger partial charge is 0.387 e. The first kappa shape index (κ1) is 11.9. The van der Waals surface area contributed by atoms with Gasteiger partial charge < -0.3 is 5.11 Å². The molecular weight excluding hydrogens is 274 g/mol. The number of rotatable bonds is 3. The fraction of sp³-hybridized carbons (Fsp3) is 0.333. The molecule has 0 radical (unpaired) electrons. The summed E-state index contributed by atoms with van der Waals surface area (Å²) in [4.78, 5) is 0. The van der Waals surface area contributed by atoms with E-state index in [1.165, 1.54) is 17.8 Å². The van der Waals surface area contributed by atoms with Gasteiger partial charge in [-0.2, -0.15) is 11.8 Å². The Bertz CT molecular complexity index is 333. The third-order valence-corrected chi connectivity index (χ3v) is 3.00. The lowest BCUT2D eigenvalue weighted by Gasteiger charge is -2.12. The molecule has 0 aliphatic carbocycles. The van der Waals surface area contributed by atoms with Gasteiger partial charge in [-0.1, -0.05) is 0 Å². The molecule has 1 rings (SSSR count). The quantitative estimate of drug-likeness (QED) is 0.860. The van der Waals surface area contributed by atoms with Crippen molar-refractivity contribution in [3.63, 3.8) is 0 Å². The highest BCUT2D eigenvalue weighted by molar-refractivity contribution is 9.10. The Morgan fingerprint density at radius 2 is 2.14 bits per heavy atom. The van der Waals surface area contributed by atoms with Crippen molar-refractivity contribution in [1.29, 1.82) is 0 Å². The molecule has 0 saturated heterocycles. The summed E-state index contributed by atoms with van der Waals surface area (Å²) in [7, 11) is 0. The van der Waals surface area contributed by atoms with Crippen molar-refractivity contribution in [3.05, 3.63) is 33.8 Å². The van der Waals surface area contributed by atoms with Crippen LogP contribution in [-0.4, -0.2) is 17.1 Å². The average Bonchev–Trinajstić information content (AvgIpc) is 2.13. The maximum atomic E-state index is 13.4. The molecule has 0 amide bonds. The van der Waals surface area contributed by atoms with Crippen LogP contribution in [0.4, 0.5) is 8.78 Å². The molecule has 0 fully saturated rings. The lowest BCUT2D eigenvalue weighted by atomic mass is 10.1. The first-order chi connectivity index (χ1) is 6.57. The molecule has 1 N–H and O–H groups in total. The highest BCUT2D eigenvalue weighted by Crippen LogP contribution is 2.28. The highest BCUT2D eigenvalue weighted by Gasteiger charge is 2.19. The van der Waals surface area contributed by atoms with Crippen LogP contribution in [0.25, 0.3) is 0 Å². The Kier molecular flexibility index (Phi) is 4.34. The lowest BCUT2D eigenvalue weighted by molar-refractivity contribution is 0.193. The van der Waals surface area contributed by atoms with E-state index in [0.717, 1.165) is 6.07 Å². The van der Waals surface area contributed by atoms with Crippen LogP contribution in [-0.2, 0) is 0 Å². The molecule has 1 aromatic rings. The summed E-state index contributed by atoms with van der Waals surface area (Å²) in [6.45, 7) is 0. The number of thioether (sulfide) groups is 1. The van der Waals surface area contributed by atoms with Gasteiger partial charge in [0, 0.05) is 5.75 Å². The molecule has 1 atom stereocenters. The number of benzene rings is 1. The van der Waals surface area contributed by atoms with E-state index < -0.39 is 17.7 Å². The smallest absolute Gasteiger partial charge is 0.146 e. The molecule has 78 valence electrons. The minimum absolute atomic E-state index is 0.161. The summed E-state index contributed by atoms with van der Waals surface area (Å²) in [6.07, 6.45) is 0.652. The van der Waals surface area contributed by atoms with E-state index in [2.05, 4.69) is 15.9 Å². The summed E-state index contributed by atoms with van der Waals surface area (Å²) in [5.74, 6) is -1.18. The van der Waals surface area contributed by atoms with Crippen LogP contribution in [0.3, 0.4) is 0 Å². The van der Waals surface area contributed by atoms with Gasteiger partial charge in [-0.15, -0.1) is 0 Å². The highest BCUT2D eigenvalue weighted by atomic mass is 79.9. The van der Waals surface area contributed by atoms with Crippen molar-refractivity contribution in [3.8, 4) is 0 Å². The normalized spacial score (nSPS) is 12.9.